The first kappa shape index (κ1) is 10.4. The van der Waals surface area contributed by atoms with Gasteiger partial charge in [0, 0.05) is 28.8 Å². The molecule has 0 aliphatic carbocycles. The van der Waals surface area contributed by atoms with Gasteiger partial charge in [-0.1, -0.05) is 0 Å². The Morgan fingerprint density at radius 3 is 2.73 bits per heavy atom. The molecule has 0 atom stereocenters. The predicted molar refractivity (Wildman–Crippen MR) is 60.5 cm³/mol. The van der Waals surface area contributed by atoms with Gasteiger partial charge < -0.3 is 15.7 Å². The summed E-state index contributed by atoms with van der Waals surface area (Å²) in [4.78, 5) is 13.4. The van der Waals surface area contributed by atoms with E-state index in [4.69, 9.17) is 10.8 Å². The molecule has 1 aromatic carbocycles. The summed E-state index contributed by atoms with van der Waals surface area (Å²) >= 11 is 3.27. The molecule has 0 aromatic heterocycles. The number of aliphatic hydroxyl groups is 1. The van der Waals surface area contributed by atoms with Crippen LogP contribution in [0.5, 0.6) is 0 Å². The Bertz CT molecular complexity index is 402. The minimum Gasteiger partial charge on any atom is -0.398 e. The zero-order chi connectivity index (χ0) is 11.0. The topological polar surface area (TPSA) is 66.6 Å². The molecule has 0 radical (unpaired) electrons. The van der Waals surface area contributed by atoms with Crippen LogP contribution in [0.3, 0.4) is 0 Å². The molecule has 5 heteroatoms. The highest BCUT2D eigenvalue weighted by molar-refractivity contribution is 9.10. The van der Waals surface area contributed by atoms with E-state index in [1.54, 1.807) is 23.1 Å². The molecule has 0 saturated carbocycles. The van der Waals surface area contributed by atoms with E-state index in [1.165, 1.54) is 0 Å². The molecule has 0 unspecified atom stereocenters. The van der Waals surface area contributed by atoms with Crippen LogP contribution in [0.1, 0.15) is 10.4 Å². The Labute approximate surface area is 95.8 Å². The van der Waals surface area contributed by atoms with E-state index in [-0.39, 0.29) is 12.0 Å². The lowest BCUT2D eigenvalue weighted by molar-refractivity contribution is 0.00590. The molecular weight excluding hydrogens is 260 g/mol. The number of hydrogen-bond donors (Lipinski definition) is 2. The standard InChI is InChI=1S/C10H11BrN2O2/c11-8-2-1-6(3-9(8)12)10(15)13-4-7(14)5-13/h1-3,7,14H,4-5,12H2. The second-order valence-electron chi connectivity index (χ2n) is 3.60. The van der Waals surface area contributed by atoms with Gasteiger partial charge in [0.15, 0.2) is 0 Å². The van der Waals surface area contributed by atoms with Gasteiger partial charge in [-0.2, -0.15) is 0 Å². The first-order chi connectivity index (χ1) is 7.08. The quantitative estimate of drug-likeness (QED) is 0.744. The molecule has 1 fully saturated rings. The van der Waals surface area contributed by atoms with Crippen LogP contribution >= 0.6 is 15.9 Å². The van der Waals surface area contributed by atoms with Crippen molar-refractivity contribution in [1.82, 2.24) is 4.90 Å². The molecule has 15 heavy (non-hydrogen) atoms. The fraction of sp³-hybridized carbons (Fsp3) is 0.300. The van der Waals surface area contributed by atoms with Gasteiger partial charge in [-0.05, 0) is 34.1 Å². The Kier molecular flexibility index (Phi) is 2.67. The van der Waals surface area contributed by atoms with Gasteiger partial charge in [0.25, 0.3) is 5.91 Å². The lowest BCUT2D eigenvalue weighted by atomic mass is 10.1. The van der Waals surface area contributed by atoms with Crippen molar-refractivity contribution in [2.24, 2.45) is 0 Å². The number of benzene rings is 1. The van der Waals surface area contributed by atoms with Crippen molar-refractivity contribution >= 4 is 27.5 Å². The Balaban J connectivity index is 2.16. The normalized spacial score (nSPS) is 16.3. The highest BCUT2D eigenvalue weighted by Gasteiger charge is 2.29. The number of carbonyl (C=O) groups is 1. The first-order valence-electron chi connectivity index (χ1n) is 4.60. The summed E-state index contributed by atoms with van der Waals surface area (Å²) in [6, 6.07) is 5.10. The van der Waals surface area contributed by atoms with Crippen LogP contribution in [0.25, 0.3) is 0 Å². The lowest BCUT2D eigenvalue weighted by Crippen LogP contribution is -2.53. The molecule has 2 rings (SSSR count). The summed E-state index contributed by atoms with van der Waals surface area (Å²) in [6.07, 6.45) is -0.373. The Morgan fingerprint density at radius 1 is 1.53 bits per heavy atom. The molecule has 1 aromatic rings. The summed E-state index contributed by atoms with van der Waals surface area (Å²) in [7, 11) is 0. The number of β-amino-alcohol motifs (C(OH)–C–C–N with tert-alkyl or cyclic N) is 1. The monoisotopic (exact) mass is 270 g/mol. The number of hydrogen-bond acceptors (Lipinski definition) is 3. The highest BCUT2D eigenvalue weighted by Crippen LogP contribution is 2.22. The summed E-state index contributed by atoms with van der Waals surface area (Å²) < 4.78 is 0.780. The fourth-order valence-electron chi connectivity index (χ4n) is 1.48. The maximum absolute atomic E-state index is 11.8. The molecule has 4 nitrogen and oxygen atoms in total. The number of likely N-dealkylation sites (tertiary alicyclic amines) is 1. The predicted octanol–water partition coefficient (Wildman–Crippen LogP) is 0.848. The second-order valence-corrected chi connectivity index (χ2v) is 4.45. The third-order valence-corrected chi connectivity index (χ3v) is 3.11. The van der Waals surface area contributed by atoms with E-state index in [0.717, 1.165) is 4.47 Å². The number of aliphatic hydroxyl groups excluding tert-OH is 1. The van der Waals surface area contributed by atoms with E-state index in [2.05, 4.69) is 15.9 Å². The van der Waals surface area contributed by atoms with Gasteiger partial charge in [-0.3, -0.25) is 4.79 Å². The number of nitrogen functional groups attached to an aromatic ring is 1. The van der Waals surface area contributed by atoms with Crippen molar-refractivity contribution in [3.63, 3.8) is 0 Å². The zero-order valence-electron chi connectivity index (χ0n) is 7.98. The van der Waals surface area contributed by atoms with E-state index < -0.39 is 0 Å². The number of halogens is 1. The number of nitrogens with zero attached hydrogens (tertiary/aromatic N) is 1. The molecule has 0 bridgehead atoms. The second kappa shape index (κ2) is 3.83. The highest BCUT2D eigenvalue weighted by atomic mass is 79.9. The van der Waals surface area contributed by atoms with Crippen molar-refractivity contribution < 1.29 is 9.90 Å². The van der Waals surface area contributed by atoms with Gasteiger partial charge in [0.1, 0.15) is 0 Å². The minimum atomic E-state index is -0.373. The lowest BCUT2D eigenvalue weighted by Gasteiger charge is -2.35. The van der Waals surface area contributed by atoms with Crippen LogP contribution in [0.2, 0.25) is 0 Å². The smallest absolute Gasteiger partial charge is 0.254 e. The Morgan fingerprint density at radius 2 is 2.20 bits per heavy atom. The van der Waals surface area contributed by atoms with Crippen LogP contribution in [-0.2, 0) is 0 Å². The number of anilines is 1. The maximum Gasteiger partial charge on any atom is 0.254 e. The molecule has 1 aliphatic rings. The third-order valence-electron chi connectivity index (χ3n) is 2.39. The number of rotatable bonds is 1. The third kappa shape index (κ3) is 1.98. The van der Waals surface area contributed by atoms with Gasteiger partial charge >= 0.3 is 0 Å². The van der Waals surface area contributed by atoms with Gasteiger partial charge in [-0.15, -0.1) is 0 Å². The largest absolute Gasteiger partial charge is 0.398 e. The van der Waals surface area contributed by atoms with E-state index in [9.17, 15) is 4.79 Å². The van der Waals surface area contributed by atoms with E-state index >= 15 is 0 Å². The average molecular weight is 271 g/mol. The summed E-state index contributed by atoms with van der Waals surface area (Å²) in [5, 5.41) is 9.09. The number of amides is 1. The molecule has 3 N–H and O–H groups in total. The summed E-state index contributed by atoms with van der Waals surface area (Å²) in [5.74, 6) is -0.0838. The first-order valence-corrected chi connectivity index (χ1v) is 5.39. The average Bonchev–Trinajstić information content (AvgIpc) is 2.16. The molecule has 1 aliphatic heterocycles. The van der Waals surface area contributed by atoms with Crippen LogP contribution in [0.15, 0.2) is 22.7 Å². The van der Waals surface area contributed by atoms with E-state index in [1.807, 2.05) is 0 Å². The van der Waals surface area contributed by atoms with Crippen molar-refractivity contribution in [2.75, 3.05) is 18.8 Å². The van der Waals surface area contributed by atoms with Crippen LogP contribution in [-0.4, -0.2) is 35.1 Å². The van der Waals surface area contributed by atoms with Crippen molar-refractivity contribution in [3.8, 4) is 0 Å². The molecule has 0 spiro atoms. The van der Waals surface area contributed by atoms with Crippen molar-refractivity contribution in [1.29, 1.82) is 0 Å². The molecule has 1 heterocycles. The fourth-order valence-corrected chi connectivity index (χ4v) is 1.73. The van der Waals surface area contributed by atoms with Gasteiger partial charge in [0.05, 0.1) is 6.10 Å². The van der Waals surface area contributed by atoms with Gasteiger partial charge in [0.2, 0.25) is 0 Å². The minimum absolute atomic E-state index is 0.0838. The van der Waals surface area contributed by atoms with Crippen LogP contribution in [0, 0.1) is 0 Å². The van der Waals surface area contributed by atoms with Crippen molar-refractivity contribution in [3.05, 3.63) is 28.2 Å². The zero-order valence-corrected chi connectivity index (χ0v) is 9.57. The summed E-state index contributed by atoms with van der Waals surface area (Å²) in [5.41, 5.74) is 6.78. The molecule has 1 amide bonds. The van der Waals surface area contributed by atoms with Crippen molar-refractivity contribution in [2.45, 2.75) is 6.10 Å². The SMILES string of the molecule is Nc1cc(C(=O)N2CC(O)C2)ccc1Br. The van der Waals surface area contributed by atoms with Gasteiger partial charge in [-0.25, -0.2) is 0 Å². The molecule has 80 valence electrons. The van der Waals surface area contributed by atoms with Crippen LogP contribution < -0.4 is 5.73 Å². The molecular formula is C10H11BrN2O2. The number of carbonyl (C=O) groups excluding carboxylic acids is 1. The van der Waals surface area contributed by atoms with E-state index in [0.29, 0.717) is 24.3 Å². The number of nitrogens with two attached hydrogens (primary N) is 1. The maximum atomic E-state index is 11.8. The summed E-state index contributed by atoms with van der Waals surface area (Å²) in [6.45, 7) is 0.823. The van der Waals surface area contributed by atoms with Crippen LogP contribution in [0.4, 0.5) is 5.69 Å². The molecule has 1 saturated heterocycles. The Hall–Kier alpha value is -1.07.